The largest absolute Gasteiger partial charge is 0.328 e. The fourth-order valence-corrected chi connectivity index (χ4v) is 3.53. The molecule has 0 aromatic heterocycles. The Morgan fingerprint density at radius 3 is 2.67 bits per heavy atom. The van der Waals surface area contributed by atoms with Crippen molar-refractivity contribution in [2.24, 2.45) is 5.73 Å². The van der Waals surface area contributed by atoms with Gasteiger partial charge in [0.25, 0.3) is 0 Å². The van der Waals surface area contributed by atoms with Gasteiger partial charge in [0.1, 0.15) is 5.82 Å². The number of aryl methyl sites for hydroxylation is 1. The van der Waals surface area contributed by atoms with Gasteiger partial charge in [-0.1, -0.05) is 12.1 Å². The van der Waals surface area contributed by atoms with Crippen LogP contribution in [0.2, 0.25) is 0 Å². The van der Waals surface area contributed by atoms with Gasteiger partial charge in [-0.3, -0.25) is 9.80 Å². The predicted octanol–water partition coefficient (Wildman–Crippen LogP) is 2.13. The molecule has 4 heteroatoms. The quantitative estimate of drug-likeness (QED) is 0.926. The molecule has 2 saturated heterocycles. The van der Waals surface area contributed by atoms with Crippen molar-refractivity contribution in [1.29, 1.82) is 0 Å². The highest BCUT2D eigenvalue weighted by Crippen LogP contribution is 2.22. The predicted molar refractivity (Wildman–Crippen MR) is 83.6 cm³/mol. The first-order chi connectivity index (χ1) is 10.1. The minimum absolute atomic E-state index is 0.0896. The zero-order valence-corrected chi connectivity index (χ0v) is 12.9. The van der Waals surface area contributed by atoms with Crippen molar-refractivity contribution < 1.29 is 4.39 Å². The van der Waals surface area contributed by atoms with Crippen molar-refractivity contribution in [2.75, 3.05) is 26.2 Å². The van der Waals surface area contributed by atoms with E-state index in [0.29, 0.717) is 12.1 Å². The van der Waals surface area contributed by atoms with Crippen LogP contribution in [0.15, 0.2) is 18.2 Å². The van der Waals surface area contributed by atoms with E-state index in [4.69, 9.17) is 5.73 Å². The van der Waals surface area contributed by atoms with Crippen LogP contribution in [0.1, 0.15) is 30.4 Å². The molecular formula is C17H26FN3. The molecule has 116 valence electrons. The molecule has 1 aromatic rings. The van der Waals surface area contributed by atoms with Gasteiger partial charge in [0, 0.05) is 31.7 Å². The first kappa shape index (κ1) is 14.9. The zero-order valence-electron chi connectivity index (χ0n) is 12.9. The molecule has 0 radical (unpaired) electrons. The summed E-state index contributed by atoms with van der Waals surface area (Å²) < 4.78 is 13.6. The zero-order chi connectivity index (χ0) is 14.8. The maximum atomic E-state index is 13.6. The topological polar surface area (TPSA) is 32.5 Å². The molecular weight excluding hydrogens is 265 g/mol. The Bertz CT molecular complexity index is 483. The molecule has 2 aliphatic rings. The van der Waals surface area contributed by atoms with Gasteiger partial charge in [0.15, 0.2) is 0 Å². The normalized spacial score (nSPS) is 25.6. The summed E-state index contributed by atoms with van der Waals surface area (Å²) in [6.45, 7) is 7.16. The second-order valence-corrected chi connectivity index (χ2v) is 6.63. The lowest BCUT2D eigenvalue weighted by Crippen LogP contribution is -2.46. The molecule has 3 nitrogen and oxygen atoms in total. The lowest BCUT2D eigenvalue weighted by Gasteiger charge is -2.34. The summed E-state index contributed by atoms with van der Waals surface area (Å²) in [4.78, 5) is 5.04. The molecule has 0 amide bonds. The van der Waals surface area contributed by atoms with Crippen LogP contribution in [0.4, 0.5) is 4.39 Å². The molecule has 0 aliphatic carbocycles. The SMILES string of the molecule is Cc1ccc(CN2CCC(N3CCC(N)CC3)C2)cc1F. The van der Waals surface area contributed by atoms with E-state index in [-0.39, 0.29) is 5.82 Å². The fourth-order valence-electron chi connectivity index (χ4n) is 3.53. The first-order valence-electron chi connectivity index (χ1n) is 8.09. The van der Waals surface area contributed by atoms with Crippen LogP contribution < -0.4 is 5.73 Å². The fraction of sp³-hybridized carbons (Fsp3) is 0.647. The molecule has 2 N–H and O–H groups in total. The van der Waals surface area contributed by atoms with Crippen LogP contribution in [0.5, 0.6) is 0 Å². The molecule has 0 spiro atoms. The maximum absolute atomic E-state index is 13.6. The maximum Gasteiger partial charge on any atom is 0.126 e. The van der Waals surface area contributed by atoms with Gasteiger partial charge in [-0.05, 0) is 56.5 Å². The molecule has 0 bridgehead atoms. The van der Waals surface area contributed by atoms with Crippen molar-refractivity contribution in [3.05, 3.63) is 35.1 Å². The highest BCUT2D eigenvalue weighted by atomic mass is 19.1. The molecule has 1 aromatic carbocycles. The summed E-state index contributed by atoms with van der Waals surface area (Å²) in [5.41, 5.74) is 7.79. The van der Waals surface area contributed by atoms with Crippen LogP contribution in [0.3, 0.4) is 0 Å². The Morgan fingerprint density at radius 1 is 1.19 bits per heavy atom. The van der Waals surface area contributed by atoms with Gasteiger partial charge in [-0.2, -0.15) is 0 Å². The lowest BCUT2D eigenvalue weighted by atomic mass is 10.0. The minimum atomic E-state index is -0.0896. The van der Waals surface area contributed by atoms with Gasteiger partial charge in [-0.25, -0.2) is 4.39 Å². The third-order valence-corrected chi connectivity index (χ3v) is 4.98. The Morgan fingerprint density at radius 2 is 1.95 bits per heavy atom. The Balaban J connectivity index is 1.53. The average Bonchev–Trinajstić information content (AvgIpc) is 2.92. The molecule has 1 unspecified atom stereocenters. The van der Waals surface area contributed by atoms with Crippen LogP contribution in [-0.4, -0.2) is 48.1 Å². The summed E-state index contributed by atoms with van der Waals surface area (Å²) in [6.07, 6.45) is 3.48. The Kier molecular flexibility index (Phi) is 4.57. The van der Waals surface area contributed by atoms with Crippen molar-refractivity contribution in [1.82, 2.24) is 9.80 Å². The number of piperidine rings is 1. The summed E-state index contributed by atoms with van der Waals surface area (Å²) in [5, 5.41) is 0. The minimum Gasteiger partial charge on any atom is -0.328 e. The summed E-state index contributed by atoms with van der Waals surface area (Å²) in [6, 6.07) is 6.67. The van der Waals surface area contributed by atoms with Crippen molar-refractivity contribution >= 4 is 0 Å². The van der Waals surface area contributed by atoms with Gasteiger partial charge in [0.2, 0.25) is 0 Å². The summed E-state index contributed by atoms with van der Waals surface area (Å²) in [7, 11) is 0. The van der Waals surface area contributed by atoms with Crippen LogP contribution >= 0.6 is 0 Å². The number of nitrogens with two attached hydrogens (primary N) is 1. The molecule has 1 atom stereocenters. The Labute approximate surface area is 126 Å². The third kappa shape index (κ3) is 3.62. The van der Waals surface area contributed by atoms with Crippen molar-refractivity contribution in [3.8, 4) is 0 Å². The van der Waals surface area contributed by atoms with Crippen molar-refractivity contribution in [3.63, 3.8) is 0 Å². The lowest BCUT2D eigenvalue weighted by molar-refractivity contribution is 0.151. The van der Waals surface area contributed by atoms with Crippen molar-refractivity contribution in [2.45, 2.75) is 44.8 Å². The number of nitrogens with zero attached hydrogens (tertiary/aromatic N) is 2. The summed E-state index contributed by atoms with van der Waals surface area (Å²) >= 11 is 0. The van der Waals surface area contributed by atoms with E-state index in [9.17, 15) is 4.39 Å². The number of rotatable bonds is 3. The van der Waals surface area contributed by atoms with E-state index in [0.717, 1.165) is 56.7 Å². The smallest absolute Gasteiger partial charge is 0.126 e. The van der Waals surface area contributed by atoms with Gasteiger partial charge >= 0.3 is 0 Å². The van der Waals surface area contributed by atoms with Gasteiger partial charge in [0.05, 0.1) is 0 Å². The monoisotopic (exact) mass is 291 g/mol. The van der Waals surface area contributed by atoms with E-state index in [1.807, 2.05) is 19.1 Å². The number of halogens is 1. The van der Waals surface area contributed by atoms with Crippen LogP contribution in [0.25, 0.3) is 0 Å². The highest BCUT2D eigenvalue weighted by molar-refractivity contribution is 5.23. The van der Waals surface area contributed by atoms with E-state index < -0.39 is 0 Å². The molecule has 0 saturated carbocycles. The van der Waals surface area contributed by atoms with E-state index >= 15 is 0 Å². The van der Waals surface area contributed by atoms with Gasteiger partial charge < -0.3 is 5.73 Å². The number of hydrogen-bond donors (Lipinski definition) is 1. The van der Waals surface area contributed by atoms with E-state index in [1.54, 1.807) is 6.07 Å². The summed E-state index contributed by atoms with van der Waals surface area (Å²) in [5.74, 6) is -0.0896. The van der Waals surface area contributed by atoms with E-state index in [1.165, 1.54) is 6.42 Å². The molecule has 3 rings (SSSR count). The number of benzene rings is 1. The molecule has 2 heterocycles. The molecule has 2 aliphatic heterocycles. The average molecular weight is 291 g/mol. The first-order valence-corrected chi connectivity index (χ1v) is 8.09. The van der Waals surface area contributed by atoms with Gasteiger partial charge in [-0.15, -0.1) is 0 Å². The number of likely N-dealkylation sites (tertiary alicyclic amines) is 2. The van der Waals surface area contributed by atoms with E-state index in [2.05, 4.69) is 9.80 Å². The van der Waals surface area contributed by atoms with Crippen LogP contribution in [0, 0.1) is 12.7 Å². The second-order valence-electron chi connectivity index (χ2n) is 6.63. The molecule has 2 fully saturated rings. The standard InChI is InChI=1S/C17H26FN3/c1-13-2-3-14(10-17(13)18)11-20-7-6-16(12-20)21-8-4-15(19)5-9-21/h2-3,10,15-16H,4-9,11-12,19H2,1H3. The second kappa shape index (κ2) is 6.42. The Hall–Kier alpha value is -0.970. The third-order valence-electron chi connectivity index (χ3n) is 4.98. The van der Waals surface area contributed by atoms with Crippen LogP contribution in [-0.2, 0) is 6.54 Å². The highest BCUT2D eigenvalue weighted by Gasteiger charge is 2.29. The molecule has 21 heavy (non-hydrogen) atoms. The number of hydrogen-bond acceptors (Lipinski definition) is 3.